The maximum absolute atomic E-state index is 10.6. The minimum absolute atomic E-state index is 0.0266. The maximum Gasteiger partial charge on any atom is 0.307 e. The van der Waals surface area contributed by atoms with Gasteiger partial charge in [-0.1, -0.05) is 19.9 Å². The van der Waals surface area contributed by atoms with Gasteiger partial charge in [0, 0.05) is 5.69 Å². The highest BCUT2D eigenvalue weighted by Gasteiger charge is 2.10. The van der Waals surface area contributed by atoms with E-state index in [1.54, 1.807) is 12.1 Å². The topological polar surface area (TPSA) is 69.6 Å². The first kappa shape index (κ1) is 13.5. The number of aliphatic carboxylic acids is 1. The Balaban J connectivity index is 2.78. The average molecular weight is 237 g/mol. The van der Waals surface area contributed by atoms with Crippen LogP contribution in [0.4, 0.5) is 5.69 Å². The highest BCUT2D eigenvalue weighted by molar-refractivity contribution is 5.71. The Morgan fingerprint density at radius 3 is 2.53 bits per heavy atom. The highest BCUT2D eigenvalue weighted by Crippen LogP contribution is 2.17. The van der Waals surface area contributed by atoms with E-state index in [-0.39, 0.29) is 12.3 Å². The van der Waals surface area contributed by atoms with Gasteiger partial charge >= 0.3 is 5.97 Å². The van der Waals surface area contributed by atoms with Crippen molar-refractivity contribution >= 4 is 11.7 Å². The van der Waals surface area contributed by atoms with Gasteiger partial charge in [-0.15, -0.1) is 0 Å². The summed E-state index contributed by atoms with van der Waals surface area (Å²) < 4.78 is 0. The normalized spacial score (nSPS) is 12.5. The first-order valence-corrected chi connectivity index (χ1v) is 5.66. The smallest absolute Gasteiger partial charge is 0.307 e. The first-order chi connectivity index (χ1) is 7.90. The fraction of sp³-hybridized carbons (Fsp3) is 0.462. The lowest BCUT2D eigenvalue weighted by atomic mass is 10.0. The van der Waals surface area contributed by atoms with Gasteiger partial charge in [0.25, 0.3) is 0 Å². The molecule has 0 radical (unpaired) electrons. The molecule has 1 aromatic rings. The number of carboxylic acids is 1. The Morgan fingerprint density at radius 2 is 2.06 bits per heavy atom. The van der Waals surface area contributed by atoms with Crippen molar-refractivity contribution in [1.82, 2.24) is 0 Å². The zero-order valence-electron chi connectivity index (χ0n) is 10.4. The minimum Gasteiger partial charge on any atom is -0.481 e. The molecule has 4 heteroatoms. The van der Waals surface area contributed by atoms with Gasteiger partial charge in [-0.05, 0) is 36.1 Å². The Morgan fingerprint density at radius 1 is 1.41 bits per heavy atom. The predicted molar refractivity (Wildman–Crippen MR) is 67.0 cm³/mol. The molecule has 1 atom stereocenters. The molecule has 0 amide bonds. The van der Waals surface area contributed by atoms with Crippen LogP contribution in [0.5, 0.6) is 0 Å². The van der Waals surface area contributed by atoms with E-state index in [9.17, 15) is 9.90 Å². The van der Waals surface area contributed by atoms with E-state index in [0.717, 1.165) is 16.8 Å². The molecule has 0 saturated heterocycles. The van der Waals surface area contributed by atoms with Crippen molar-refractivity contribution in [1.29, 1.82) is 0 Å². The van der Waals surface area contributed by atoms with Crippen LogP contribution in [-0.4, -0.2) is 22.4 Å². The molecule has 1 aromatic carbocycles. The van der Waals surface area contributed by atoms with Crippen molar-refractivity contribution in [3.63, 3.8) is 0 Å². The number of aliphatic hydroxyl groups is 1. The Kier molecular flexibility index (Phi) is 4.52. The van der Waals surface area contributed by atoms with E-state index in [4.69, 9.17) is 5.11 Å². The number of rotatable bonds is 5. The number of carbonyl (C=O) groups is 1. The molecule has 0 aliphatic carbocycles. The van der Waals surface area contributed by atoms with Gasteiger partial charge in [0.2, 0.25) is 0 Å². The molecular formula is C13H19NO3. The van der Waals surface area contributed by atoms with Crippen molar-refractivity contribution in [3.05, 3.63) is 29.3 Å². The summed E-state index contributed by atoms with van der Waals surface area (Å²) in [5.74, 6) is -0.718. The second-order valence-electron chi connectivity index (χ2n) is 4.54. The molecular weight excluding hydrogens is 218 g/mol. The van der Waals surface area contributed by atoms with Crippen molar-refractivity contribution in [2.45, 2.75) is 33.4 Å². The van der Waals surface area contributed by atoms with Crippen LogP contribution in [0.15, 0.2) is 18.2 Å². The molecule has 0 spiro atoms. The molecule has 0 aliphatic rings. The van der Waals surface area contributed by atoms with E-state index in [1.807, 2.05) is 26.8 Å². The average Bonchev–Trinajstić information content (AvgIpc) is 2.21. The summed E-state index contributed by atoms with van der Waals surface area (Å²) in [5.41, 5.74) is 2.51. The molecule has 3 N–H and O–H groups in total. The van der Waals surface area contributed by atoms with Crippen molar-refractivity contribution < 1.29 is 15.0 Å². The number of aryl methyl sites for hydroxylation is 1. The molecule has 1 unspecified atom stereocenters. The highest BCUT2D eigenvalue weighted by atomic mass is 16.4. The molecule has 94 valence electrons. The van der Waals surface area contributed by atoms with Crippen molar-refractivity contribution in [2.24, 2.45) is 5.92 Å². The Bertz CT molecular complexity index is 402. The van der Waals surface area contributed by atoms with Crippen LogP contribution in [-0.2, 0) is 11.2 Å². The van der Waals surface area contributed by atoms with E-state index in [0.29, 0.717) is 0 Å². The molecule has 0 aliphatic heterocycles. The lowest BCUT2D eigenvalue weighted by molar-refractivity contribution is -0.136. The summed E-state index contributed by atoms with van der Waals surface area (Å²) in [6, 6.07) is 5.42. The summed E-state index contributed by atoms with van der Waals surface area (Å²) in [7, 11) is 0. The van der Waals surface area contributed by atoms with Gasteiger partial charge in [0.15, 0.2) is 0 Å². The van der Waals surface area contributed by atoms with Crippen LogP contribution in [0.1, 0.15) is 25.0 Å². The minimum atomic E-state index is -0.837. The largest absolute Gasteiger partial charge is 0.481 e. The molecule has 0 heterocycles. The van der Waals surface area contributed by atoms with Gasteiger partial charge in [-0.25, -0.2) is 0 Å². The van der Waals surface area contributed by atoms with Crippen molar-refractivity contribution in [2.75, 3.05) is 5.32 Å². The van der Waals surface area contributed by atoms with E-state index >= 15 is 0 Å². The zero-order valence-corrected chi connectivity index (χ0v) is 10.4. The molecule has 0 aromatic heterocycles. The third-order valence-electron chi connectivity index (χ3n) is 2.63. The number of aliphatic hydroxyl groups excluding tert-OH is 1. The van der Waals surface area contributed by atoms with Crippen LogP contribution in [0.25, 0.3) is 0 Å². The zero-order chi connectivity index (χ0) is 13.0. The number of nitrogens with one attached hydrogen (secondary N) is 1. The van der Waals surface area contributed by atoms with Crippen LogP contribution in [0, 0.1) is 12.8 Å². The standard InChI is InChI=1S/C13H19NO3/c1-8(2)13(17)14-11-5-4-10(7-12(15)16)9(3)6-11/h4-6,8,13-14,17H,7H2,1-3H3,(H,15,16). The lowest BCUT2D eigenvalue weighted by Crippen LogP contribution is -2.24. The van der Waals surface area contributed by atoms with Gasteiger partial charge in [-0.3, -0.25) is 4.79 Å². The van der Waals surface area contributed by atoms with E-state index in [1.165, 1.54) is 0 Å². The summed E-state index contributed by atoms with van der Waals surface area (Å²) in [6.45, 7) is 5.71. The molecule has 0 fully saturated rings. The van der Waals surface area contributed by atoms with Crippen LogP contribution in [0.2, 0.25) is 0 Å². The fourth-order valence-electron chi connectivity index (χ4n) is 1.48. The summed E-state index contributed by atoms with van der Waals surface area (Å²) >= 11 is 0. The van der Waals surface area contributed by atoms with Crippen LogP contribution in [0.3, 0.4) is 0 Å². The number of carboxylic acid groups (broad SMARTS) is 1. The molecule has 17 heavy (non-hydrogen) atoms. The monoisotopic (exact) mass is 237 g/mol. The van der Waals surface area contributed by atoms with Crippen LogP contribution < -0.4 is 5.32 Å². The lowest BCUT2D eigenvalue weighted by Gasteiger charge is -2.18. The molecule has 0 bridgehead atoms. The van der Waals surface area contributed by atoms with E-state index in [2.05, 4.69) is 5.32 Å². The maximum atomic E-state index is 10.6. The van der Waals surface area contributed by atoms with Gasteiger partial charge in [-0.2, -0.15) is 0 Å². The van der Waals surface area contributed by atoms with Gasteiger partial charge in [0.1, 0.15) is 6.23 Å². The number of anilines is 1. The van der Waals surface area contributed by atoms with Crippen LogP contribution >= 0.6 is 0 Å². The number of benzene rings is 1. The molecule has 0 saturated carbocycles. The molecule has 1 rings (SSSR count). The third-order valence-corrected chi connectivity index (χ3v) is 2.63. The van der Waals surface area contributed by atoms with Gasteiger partial charge < -0.3 is 15.5 Å². The second-order valence-corrected chi connectivity index (χ2v) is 4.54. The Labute approximate surface area is 101 Å². The first-order valence-electron chi connectivity index (χ1n) is 5.66. The van der Waals surface area contributed by atoms with Crippen molar-refractivity contribution in [3.8, 4) is 0 Å². The second kappa shape index (κ2) is 5.68. The summed E-state index contributed by atoms with van der Waals surface area (Å²) in [6.07, 6.45) is -0.571. The summed E-state index contributed by atoms with van der Waals surface area (Å²) in [5, 5.41) is 21.4. The molecule has 4 nitrogen and oxygen atoms in total. The Hall–Kier alpha value is -1.55. The third kappa shape index (κ3) is 4.07. The van der Waals surface area contributed by atoms with Gasteiger partial charge in [0.05, 0.1) is 6.42 Å². The predicted octanol–water partition coefficient (Wildman–Crippen LogP) is 2.01. The fourth-order valence-corrected chi connectivity index (χ4v) is 1.48. The SMILES string of the molecule is Cc1cc(NC(O)C(C)C)ccc1CC(=O)O. The number of hydrogen-bond donors (Lipinski definition) is 3. The summed E-state index contributed by atoms with van der Waals surface area (Å²) in [4.78, 5) is 10.6. The van der Waals surface area contributed by atoms with E-state index < -0.39 is 12.2 Å². The quantitative estimate of drug-likeness (QED) is 0.685. The number of hydrogen-bond acceptors (Lipinski definition) is 3.